The molecule has 1 heterocycles. The van der Waals surface area contributed by atoms with Gasteiger partial charge in [0.1, 0.15) is 12.1 Å². The lowest BCUT2D eigenvalue weighted by Gasteiger charge is -2.43. The van der Waals surface area contributed by atoms with Crippen molar-refractivity contribution in [1.29, 1.82) is 0 Å². The molecule has 0 amide bonds. The van der Waals surface area contributed by atoms with Crippen molar-refractivity contribution in [3.8, 4) is 0 Å². The largest absolute Gasteiger partial charge is 0.372 e. The zero-order valence-electron chi connectivity index (χ0n) is 10.4. The van der Waals surface area contributed by atoms with E-state index in [4.69, 9.17) is 4.74 Å². The van der Waals surface area contributed by atoms with E-state index in [-0.39, 0.29) is 14.5 Å². The summed E-state index contributed by atoms with van der Waals surface area (Å²) >= 11 is 0. The fourth-order valence-electron chi connectivity index (χ4n) is 2.75. The molecule has 0 bridgehead atoms. The average molecular weight is 248 g/mol. The van der Waals surface area contributed by atoms with E-state index < -0.39 is 7.14 Å². The van der Waals surface area contributed by atoms with Gasteiger partial charge in [-0.15, -0.1) is 0 Å². The minimum Gasteiger partial charge on any atom is -0.372 e. The van der Waals surface area contributed by atoms with Crippen LogP contribution in [0.1, 0.15) is 40.0 Å². The first-order valence-corrected chi connectivity index (χ1v) is 10.1. The van der Waals surface area contributed by atoms with Gasteiger partial charge in [-0.2, -0.15) is 0 Å². The molecule has 0 spiro atoms. The van der Waals surface area contributed by atoms with Gasteiger partial charge in [0.15, 0.2) is 0 Å². The minimum absolute atomic E-state index is 0.122. The number of ether oxygens (including phenoxy) is 1. The van der Waals surface area contributed by atoms with E-state index in [1.165, 1.54) is 12.5 Å². The Morgan fingerprint density at radius 3 is 2.33 bits per heavy atom. The molecular weight excluding hydrogens is 223 g/mol. The van der Waals surface area contributed by atoms with Crippen LogP contribution in [0.2, 0.25) is 6.04 Å². The van der Waals surface area contributed by atoms with Gasteiger partial charge < -0.3 is 9.30 Å². The van der Waals surface area contributed by atoms with E-state index in [1.807, 2.05) is 0 Å². The maximum atomic E-state index is 12.9. The van der Waals surface area contributed by atoms with E-state index in [0.29, 0.717) is 0 Å². The molecule has 1 aliphatic rings. The van der Waals surface area contributed by atoms with E-state index in [0.717, 1.165) is 31.8 Å². The molecule has 1 fully saturated rings. The Bertz CT molecular complexity index is 223. The summed E-state index contributed by atoms with van der Waals surface area (Å²) in [5, 5.41) is 0. The molecule has 0 aromatic heterocycles. The minimum atomic E-state index is -2.06. The van der Waals surface area contributed by atoms with Crippen LogP contribution in [0.25, 0.3) is 0 Å². The summed E-state index contributed by atoms with van der Waals surface area (Å²) in [6, 6.07) is 1.21. The summed E-state index contributed by atoms with van der Waals surface area (Å²) in [5.74, 6) is 0. The SMILES string of the molecule is CC[SiH2]C1(P(=O)(CC)CC)CCCCO1. The molecule has 0 aliphatic carbocycles. The normalized spacial score (nSPS) is 28.7. The summed E-state index contributed by atoms with van der Waals surface area (Å²) in [6.45, 7) is 7.22. The molecule has 90 valence electrons. The molecule has 0 radical (unpaired) electrons. The van der Waals surface area contributed by atoms with Crippen LogP contribution in [-0.4, -0.2) is 33.4 Å². The Morgan fingerprint density at radius 2 is 1.93 bits per heavy atom. The fourth-order valence-corrected chi connectivity index (χ4v) is 10.5. The molecule has 15 heavy (non-hydrogen) atoms. The molecule has 2 nitrogen and oxygen atoms in total. The van der Waals surface area contributed by atoms with Crippen LogP contribution in [-0.2, 0) is 9.30 Å². The molecule has 0 aromatic rings. The van der Waals surface area contributed by atoms with Crippen molar-refractivity contribution in [3.63, 3.8) is 0 Å². The van der Waals surface area contributed by atoms with Gasteiger partial charge in [0.2, 0.25) is 0 Å². The van der Waals surface area contributed by atoms with Gasteiger partial charge in [0, 0.05) is 18.9 Å². The second kappa shape index (κ2) is 5.65. The van der Waals surface area contributed by atoms with Crippen LogP contribution >= 0.6 is 7.14 Å². The van der Waals surface area contributed by atoms with E-state index in [1.54, 1.807) is 0 Å². The van der Waals surface area contributed by atoms with Gasteiger partial charge in [-0.3, -0.25) is 0 Å². The lowest BCUT2D eigenvalue weighted by Crippen LogP contribution is -2.43. The first-order valence-electron chi connectivity index (χ1n) is 6.36. The number of rotatable bonds is 5. The summed E-state index contributed by atoms with van der Waals surface area (Å²) in [6.07, 6.45) is 5.11. The van der Waals surface area contributed by atoms with Crippen LogP contribution in [0.15, 0.2) is 0 Å². The summed E-state index contributed by atoms with van der Waals surface area (Å²) in [7, 11) is -2.41. The maximum absolute atomic E-state index is 12.9. The predicted molar refractivity (Wildman–Crippen MR) is 70.2 cm³/mol. The van der Waals surface area contributed by atoms with E-state index >= 15 is 0 Å². The highest BCUT2D eigenvalue weighted by Crippen LogP contribution is 2.60. The van der Waals surface area contributed by atoms with Gasteiger partial charge >= 0.3 is 0 Å². The third-order valence-corrected chi connectivity index (χ3v) is 11.9. The van der Waals surface area contributed by atoms with Crippen LogP contribution in [0.5, 0.6) is 0 Å². The summed E-state index contributed by atoms with van der Waals surface area (Å²) < 4.78 is 19.0. The van der Waals surface area contributed by atoms with Crippen LogP contribution in [0.3, 0.4) is 0 Å². The molecule has 1 saturated heterocycles. The van der Waals surface area contributed by atoms with Gasteiger partial charge in [-0.05, 0) is 19.3 Å². The first-order chi connectivity index (χ1) is 7.14. The van der Waals surface area contributed by atoms with Crippen molar-refractivity contribution in [1.82, 2.24) is 0 Å². The Hall–Kier alpha value is 0.407. The fraction of sp³-hybridized carbons (Fsp3) is 1.00. The second-order valence-electron chi connectivity index (χ2n) is 4.52. The molecular formula is C11H25O2PSi. The Labute approximate surface area is 96.4 Å². The zero-order valence-corrected chi connectivity index (χ0v) is 12.7. The van der Waals surface area contributed by atoms with E-state index in [2.05, 4.69) is 20.8 Å². The van der Waals surface area contributed by atoms with Gasteiger partial charge in [-0.25, -0.2) is 0 Å². The molecule has 1 unspecified atom stereocenters. The molecule has 0 aromatic carbocycles. The van der Waals surface area contributed by atoms with Crippen molar-refractivity contribution >= 4 is 16.7 Å². The third kappa shape index (κ3) is 2.56. The molecule has 1 atom stereocenters. The topological polar surface area (TPSA) is 26.3 Å². The molecule has 0 saturated carbocycles. The summed E-state index contributed by atoms with van der Waals surface area (Å²) in [5.41, 5.74) is 0. The van der Waals surface area contributed by atoms with Crippen molar-refractivity contribution in [2.45, 2.75) is 51.0 Å². The average Bonchev–Trinajstić information content (AvgIpc) is 2.29. The lowest BCUT2D eigenvalue weighted by atomic mass is 10.2. The van der Waals surface area contributed by atoms with Crippen LogP contribution in [0, 0.1) is 0 Å². The Kier molecular flexibility index (Phi) is 5.08. The highest BCUT2D eigenvalue weighted by atomic mass is 31.2. The van der Waals surface area contributed by atoms with Gasteiger partial charge in [0.25, 0.3) is 0 Å². The Morgan fingerprint density at radius 1 is 1.27 bits per heavy atom. The van der Waals surface area contributed by atoms with Gasteiger partial charge in [-0.1, -0.05) is 26.8 Å². The summed E-state index contributed by atoms with van der Waals surface area (Å²) in [4.78, 5) is -0.122. The van der Waals surface area contributed by atoms with E-state index in [9.17, 15) is 4.57 Å². The molecule has 1 rings (SSSR count). The zero-order chi connectivity index (χ0) is 11.4. The standard InChI is InChI=1S/C11H25O2PSi/c1-4-14(12,5-2)11(15-6-3)9-7-8-10-13-11/h4-10,15H2,1-3H3. The van der Waals surface area contributed by atoms with Crippen molar-refractivity contribution in [3.05, 3.63) is 0 Å². The molecule has 4 heteroatoms. The maximum Gasteiger partial charge on any atom is 0.113 e. The van der Waals surface area contributed by atoms with Crippen molar-refractivity contribution < 1.29 is 9.30 Å². The number of hydrogen-bond acceptors (Lipinski definition) is 2. The number of hydrogen-bond donors (Lipinski definition) is 0. The smallest absolute Gasteiger partial charge is 0.113 e. The van der Waals surface area contributed by atoms with Crippen molar-refractivity contribution in [2.24, 2.45) is 0 Å². The first kappa shape index (κ1) is 13.5. The van der Waals surface area contributed by atoms with Crippen LogP contribution in [0.4, 0.5) is 0 Å². The van der Waals surface area contributed by atoms with Crippen LogP contribution < -0.4 is 0 Å². The highest BCUT2D eigenvalue weighted by molar-refractivity contribution is 7.67. The highest BCUT2D eigenvalue weighted by Gasteiger charge is 2.46. The predicted octanol–water partition coefficient (Wildman–Crippen LogP) is 2.85. The van der Waals surface area contributed by atoms with Crippen molar-refractivity contribution in [2.75, 3.05) is 18.9 Å². The lowest BCUT2D eigenvalue weighted by molar-refractivity contribution is 0.0329. The quantitative estimate of drug-likeness (QED) is 0.552. The molecule has 1 aliphatic heterocycles. The second-order valence-corrected chi connectivity index (χ2v) is 11.6. The Balaban J connectivity index is 2.92. The monoisotopic (exact) mass is 248 g/mol. The van der Waals surface area contributed by atoms with Gasteiger partial charge in [0.05, 0.1) is 9.52 Å². The third-order valence-electron chi connectivity index (χ3n) is 3.74. The molecule has 0 N–H and O–H groups in total.